The van der Waals surface area contributed by atoms with Crippen LogP contribution >= 0.6 is 15.9 Å². The third-order valence-corrected chi connectivity index (χ3v) is 2.28. The van der Waals surface area contributed by atoms with Crippen molar-refractivity contribution in [2.45, 2.75) is 13.0 Å². The van der Waals surface area contributed by atoms with Gasteiger partial charge in [0.15, 0.2) is 0 Å². The fourth-order valence-corrected chi connectivity index (χ4v) is 1.43. The smallest absolute Gasteiger partial charge is 0.146 e. The molecule has 2 rings (SSSR count). The Labute approximate surface area is 94.7 Å². The number of rotatable bonds is 3. The molecular formula is C8H9BrN6. The van der Waals surface area contributed by atoms with Crippen molar-refractivity contribution in [1.82, 2.24) is 25.1 Å². The van der Waals surface area contributed by atoms with Gasteiger partial charge in [-0.1, -0.05) is 0 Å². The Kier molecular flexibility index (Phi) is 2.91. The monoisotopic (exact) mass is 268 g/mol. The van der Waals surface area contributed by atoms with Crippen LogP contribution in [0, 0.1) is 0 Å². The lowest BCUT2D eigenvalue weighted by molar-refractivity contribution is 0.788. The summed E-state index contributed by atoms with van der Waals surface area (Å²) in [5.41, 5.74) is 0. The Bertz CT molecular complexity index is 428. The van der Waals surface area contributed by atoms with Crippen LogP contribution < -0.4 is 5.32 Å². The molecule has 0 fully saturated rings. The molecule has 0 aromatic carbocycles. The molecule has 0 bridgehead atoms. The molecular weight excluding hydrogens is 260 g/mol. The molecule has 2 N–H and O–H groups in total. The van der Waals surface area contributed by atoms with E-state index in [1.54, 1.807) is 6.07 Å². The van der Waals surface area contributed by atoms with Crippen LogP contribution in [-0.4, -0.2) is 25.1 Å². The predicted octanol–water partition coefficient (Wildman–Crippen LogP) is 1.53. The average molecular weight is 269 g/mol. The summed E-state index contributed by atoms with van der Waals surface area (Å²) in [5, 5.41) is 9.75. The van der Waals surface area contributed by atoms with Gasteiger partial charge in [0.05, 0.1) is 6.04 Å². The van der Waals surface area contributed by atoms with Crippen LogP contribution in [0.2, 0.25) is 0 Å². The molecule has 6 nitrogen and oxygen atoms in total. The number of H-pyrrole nitrogens is 1. The van der Waals surface area contributed by atoms with Gasteiger partial charge in [-0.25, -0.2) is 15.0 Å². The van der Waals surface area contributed by atoms with Crippen molar-refractivity contribution >= 4 is 21.7 Å². The first-order chi connectivity index (χ1) is 7.25. The maximum atomic E-state index is 4.08. The van der Waals surface area contributed by atoms with Gasteiger partial charge in [-0.05, 0) is 22.9 Å². The minimum Gasteiger partial charge on any atom is -0.360 e. The van der Waals surface area contributed by atoms with Gasteiger partial charge in [0.1, 0.15) is 28.9 Å². The second-order valence-corrected chi connectivity index (χ2v) is 3.78. The summed E-state index contributed by atoms with van der Waals surface area (Å²) in [5.74, 6) is 1.51. The summed E-state index contributed by atoms with van der Waals surface area (Å²) in [6, 6.07) is 1.82. The molecule has 2 aromatic rings. The molecule has 7 heteroatoms. The molecule has 1 atom stereocenters. The van der Waals surface area contributed by atoms with Crippen LogP contribution in [0.5, 0.6) is 0 Å². The van der Waals surface area contributed by atoms with Gasteiger partial charge in [-0.3, -0.25) is 5.10 Å². The fraction of sp³-hybridized carbons (Fsp3) is 0.250. The number of halogens is 1. The lowest BCUT2D eigenvalue weighted by Gasteiger charge is -2.10. The van der Waals surface area contributed by atoms with Crippen molar-refractivity contribution in [2.75, 3.05) is 5.32 Å². The first-order valence-corrected chi connectivity index (χ1v) is 5.14. The Hall–Kier alpha value is -1.50. The number of anilines is 1. The summed E-state index contributed by atoms with van der Waals surface area (Å²) in [6.07, 6.45) is 2.96. The Balaban J connectivity index is 2.09. The number of nitrogens with zero attached hydrogens (tertiary/aromatic N) is 4. The van der Waals surface area contributed by atoms with E-state index in [1.807, 2.05) is 6.92 Å². The van der Waals surface area contributed by atoms with Crippen molar-refractivity contribution < 1.29 is 0 Å². The maximum Gasteiger partial charge on any atom is 0.146 e. The quantitative estimate of drug-likeness (QED) is 0.826. The van der Waals surface area contributed by atoms with Gasteiger partial charge in [-0.15, -0.1) is 0 Å². The van der Waals surface area contributed by atoms with E-state index in [9.17, 15) is 0 Å². The molecule has 0 saturated carbocycles. The lowest BCUT2D eigenvalue weighted by atomic mass is 10.3. The van der Waals surface area contributed by atoms with Crippen LogP contribution in [0.3, 0.4) is 0 Å². The zero-order chi connectivity index (χ0) is 10.7. The Morgan fingerprint density at radius 2 is 2.20 bits per heavy atom. The third kappa shape index (κ3) is 2.50. The Morgan fingerprint density at radius 1 is 1.33 bits per heavy atom. The lowest BCUT2D eigenvalue weighted by Crippen LogP contribution is -2.09. The number of aromatic nitrogens is 5. The van der Waals surface area contributed by atoms with Gasteiger partial charge in [0, 0.05) is 6.07 Å². The van der Waals surface area contributed by atoms with Gasteiger partial charge >= 0.3 is 0 Å². The number of aromatic amines is 1. The predicted molar refractivity (Wildman–Crippen MR) is 58.2 cm³/mol. The van der Waals surface area contributed by atoms with Crippen molar-refractivity contribution in [1.29, 1.82) is 0 Å². The summed E-state index contributed by atoms with van der Waals surface area (Å²) < 4.78 is 0.741. The molecule has 2 heterocycles. The van der Waals surface area contributed by atoms with E-state index in [4.69, 9.17) is 0 Å². The second-order valence-electron chi connectivity index (χ2n) is 2.96. The zero-order valence-corrected chi connectivity index (χ0v) is 9.56. The van der Waals surface area contributed by atoms with Crippen LogP contribution in [0.15, 0.2) is 23.3 Å². The molecule has 0 spiro atoms. The summed E-state index contributed by atoms with van der Waals surface area (Å²) in [6.45, 7) is 1.97. The van der Waals surface area contributed by atoms with Crippen LogP contribution in [0.25, 0.3) is 0 Å². The summed E-state index contributed by atoms with van der Waals surface area (Å²) >= 11 is 3.27. The maximum absolute atomic E-state index is 4.08. The minimum atomic E-state index is 0.0225. The van der Waals surface area contributed by atoms with E-state index in [2.05, 4.69) is 46.4 Å². The van der Waals surface area contributed by atoms with E-state index in [0.29, 0.717) is 0 Å². The molecule has 1 unspecified atom stereocenters. The molecule has 0 aliphatic rings. The second kappa shape index (κ2) is 4.35. The third-order valence-electron chi connectivity index (χ3n) is 1.84. The molecule has 0 radical (unpaired) electrons. The van der Waals surface area contributed by atoms with E-state index in [1.165, 1.54) is 12.7 Å². The first-order valence-electron chi connectivity index (χ1n) is 4.35. The van der Waals surface area contributed by atoms with Crippen molar-refractivity contribution in [3.05, 3.63) is 29.1 Å². The highest BCUT2D eigenvalue weighted by atomic mass is 79.9. The molecule has 0 amide bonds. The van der Waals surface area contributed by atoms with Gasteiger partial charge in [-0.2, -0.15) is 5.10 Å². The number of hydrogen-bond donors (Lipinski definition) is 2. The summed E-state index contributed by atoms with van der Waals surface area (Å²) in [7, 11) is 0. The highest BCUT2D eigenvalue weighted by Gasteiger charge is 2.08. The Morgan fingerprint density at radius 3 is 2.87 bits per heavy atom. The number of nitrogens with one attached hydrogen (secondary N) is 2. The summed E-state index contributed by atoms with van der Waals surface area (Å²) in [4.78, 5) is 12.1. The van der Waals surface area contributed by atoms with Crippen molar-refractivity contribution in [3.8, 4) is 0 Å². The standard InChI is InChI=1S/C8H9BrN6/c1-5(8-12-4-13-15-8)14-7-2-6(9)10-3-11-7/h2-5H,1H3,(H,10,11,14)(H,12,13,15). The molecule has 78 valence electrons. The SMILES string of the molecule is CC(Nc1cc(Br)ncn1)c1ncn[nH]1. The van der Waals surface area contributed by atoms with E-state index < -0.39 is 0 Å². The zero-order valence-electron chi connectivity index (χ0n) is 7.98. The molecule has 2 aromatic heterocycles. The van der Waals surface area contributed by atoms with Gasteiger partial charge < -0.3 is 5.32 Å². The largest absolute Gasteiger partial charge is 0.360 e. The topological polar surface area (TPSA) is 79.4 Å². The number of hydrogen-bond acceptors (Lipinski definition) is 5. The van der Waals surface area contributed by atoms with Crippen molar-refractivity contribution in [2.24, 2.45) is 0 Å². The molecule has 0 aliphatic carbocycles. The van der Waals surface area contributed by atoms with E-state index >= 15 is 0 Å². The van der Waals surface area contributed by atoms with Gasteiger partial charge in [0.25, 0.3) is 0 Å². The highest BCUT2D eigenvalue weighted by molar-refractivity contribution is 9.10. The minimum absolute atomic E-state index is 0.0225. The van der Waals surface area contributed by atoms with Gasteiger partial charge in [0.2, 0.25) is 0 Å². The van der Waals surface area contributed by atoms with Crippen LogP contribution in [-0.2, 0) is 0 Å². The molecule has 0 aliphatic heterocycles. The fourth-order valence-electron chi connectivity index (χ4n) is 1.13. The van der Waals surface area contributed by atoms with Crippen LogP contribution in [0.1, 0.15) is 18.8 Å². The highest BCUT2D eigenvalue weighted by Crippen LogP contribution is 2.15. The van der Waals surface area contributed by atoms with Crippen LogP contribution in [0.4, 0.5) is 5.82 Å². The molecule has 0 saturated heterocycles. The molecule has 15 heavy (non-hydrogen) atoms. The van der Waals surface area contributed by atoms with Crippen molar-refractivity contribution in [3.63, 3.8) is 0 Å². The normalized spacial score (nSPS) is 12.4. The average Bonchev–Trinajstić information content (AvgIpc) is 2.70. The first kappa shape index (κ1) is 10.0. The van der Waals surface area contributed by atoms with E-state index in [0.717, 1.165) is 16.2 Å². The van der Waals surface area contributed by atoms with E-state index in [-0.39, 0.29) is 6.04 Å².